The van der Waals surface area contributed by atoms with Crippen LogP contribution in [0.15, 0.2) is 218 Å². The first kappa shape index (κ1) is 34.3. The smallest absolute Gasteiger partial charge is 0.0468 e. The number of anilines is 6. The van der Waals surface area contributed by atoms with E-state index in [9.17, 15) is 0 Å². The maximum absolute atomic E-state index is 2.35. The summed E-state index contributed by atoms with van der Waals surface area (Å²) >= 11 is 3.71. The molecule has 0 aliphatic heterocycles. The van der Waals surface area contributed by atoms with E-state index in [4.69, 9.17) is 0 Å². The third-order valence-corrected chi connectivity index (χ3v) is 13.4. The lowest BCUT2D eigenvalue weighted by Crippen LogP contribution is -2.09. The molecule has 4 heteroatoms. The SMILES string of the molecule is c1ccc(N(c2ccc(-c3ccc(-c4ccc(N(c5ccccc5)c5ccc6sc7ccccc7c6c5)cc4)cc3)cc2)c2ccc3sc4ccccc4c3c2)cc1. The molecule has 0 bridgehead atoms. The molecular weight excluding hydrogens is 741 g/mol. The van der Waals surface area contributed by atoms with Gasteiger partial charge in [0.15, 0.2) is 0 Å². The normalized spacial score (nSPS) is 11.4. The first-order chi connectivity index (χ1) is 28.7. The highest BCUT2D eigenvalue weighted by atomic mass is 32.1. The molecule has 0 saturated heterocycles. The van der Waals surface area contributed by atoms with E-state index in [0.717, 1.165) is 34.1 Å². The summed E-state index contributed by atoms with van der Waals surface area (Å²) in [5.74, 6) is 0. The average Bonchev–Trinajstić information content (AvgIpc) is 3.86. The van der Waals surface area contributed by atoms with Crippen molar-refractivity contribution in [2.75, 3.05) is 9.80 Å². The Morgan fingerprint density at radius 1 is 0.224 bits per heavy atom. The third-order valence-electron chi connectivity index (χ3n) is 11.1. The third kappa shape index (κ3) is 6.20. The minimum atomic E-state index is 1.12. The van der Waals surface area contributed by atoms with Crippen molar-refractivity contribution in [1.29, 1.82) is 0 Å². The summed E-state index contributed by atoms with van der Waals surface area (Å²) in [6.45, 7) is 0. The zero-order valence-electron chi connectivity index (χ0n) is 31.5. The number of para-hydroxylation sites is 2. The van der Waals surface area contributed by atoms with Crippen LogP contribution in [0.1, 0.15) is 0 Å². The molecule has 0 saturated carbocycles. The van der Waals surface area contributed by atoms with Crippen LogP contribution in [0.2, 0.25) is 0 Å². The van der Waals surface area contributed by atoms with Gasteiger partial charge in [0.05, 0.1) is 0 Å². The highest BCUT2D eigenvalue weighted by Crippen LogP contribution is 2.43. The number of fused-ring (bicyclic) bond motifs is 6. The summed E-state index contributed by atoms with van der Waals surface area (Å²) in [6, 6.07) is 79.2. The van der Waals surface area contributed by atoms with Gasteiger partial charge in [0.2, 0.25) is 0 Å². The standard InChI is InChI=1S/C54H36N2S2/c1-3-11-41(12-4-1)55(45-31-33-53-49(35-45)47-15-7-9-17-51(47)57-53)43-27-23-39(24-28-43)37-19-21-38(22-20-37)40-25-29-44(30-26-40)56(42-13-5-2-6-14-42)46-32-34-54-50(36-46)48-16-8-10-18-52(48)58-54/h1-36H. The summed E-state index contributed by atoms with van der Waals surface area (Å²) in [7, 11) is 0. The molecule has 2 nitrogen and oxygen atoms in total. The first-order valence-electron chi connectivity index (χ1n) is 19.6. The average molecular weight is 777 g/mol. The van der Waals surface area contributed by atoms with E-state index in [2.05, 4.69) is 228 Å². The van der Waals surface area contributed by atoms with Crippen LogP contribution in [-0.2, 0) is 0 Å². The van der Waals surface area contributed by atoms with Crippen molar-refractivity contribution in [3.05, 3.63) is 218 Å². The Morgan fingerprint density at radius 3 is 0.914 bits per heavy atom. The summed E-state index contributed by atoms with van der Waals surface area (Å²) in [5, 5.41) is 5.21. The van der Waals surface area contributed by atoms with Crippen molar-refractivity contribution < 1.29 is 0 Å². The van der Waals surface area contributed by atoms with Gasteiger partial charge in [-0.05, 0) is 119 Å². The Bertz CT molecular complexity index is 2980. The van der Waals surface area contributed by atoms with E-state index < -0.39 is 0 Å². The Hall–Kier alpha value is -6.98. The summed E-state index contributed by atoms with van der Waals surface area (Å²) in [5.41, 5.74) is 11.6. The highest BCUT2D eigenvalue weighted by molar-refractivity contribution is 7.26. The van der Waals surface area contributed by atoms with Crippen LogP contribution in [-0.4, -0.2) is 0 Å². The molecule has 0 fully saturated rings. The molecule has 11 rings (SSSR count). The Balaban J connectivity index is 0.876. The fraction of sp³-hybridized carbons (Fsp3) is 0. The van der Waals surface area contributed by atoms with E-state index in [-0.39, 0.29) is 0 Å². The van der Waals surface area contributed by atoms with Crippen LogP contribution < -0.4 is 9.80 Å². The number of nitrogens with zero attached hydrogens (tertiary/aromatic N) is 2. The molecule has 0 amide bonds. The van der Waals surface area contributed by atoms with Gasteiger partial charge >= 0.3 is 0 Å². The topological polar surface area (TPSA) is 6.48 Å². The fourth-order valence-corrected chi connectivity index (χ4v) is 10.4. The van der Waals surface area contributed by atoms with Crippen molar-refractivity contribution in [3.63, 3.8) is 0 Å². The molecule has 2 heterocycles. The van der Waals surface area contributed by atoms with Crippen molar-refractivity contribution in [2.45, 2.75) is 0 Å². The van der Waals surface area contributed by atoms with Gasteiger partial charge in [-0.3, -0.25) is 0 Å². The van der Waals surface area contributed by atoms with Crippen molar-refractivity contribution >= 4 is 97.1 Å². The monoisotopic (exact) mass is 776 g/mol. The van der Waals surface area contributed by atoms with Gasteiger partial charge in [-0.1, -0.05) is 121 Å². The predicted octanol–water partition coefficient (Wildman–Crippen LogP) is 16.7. The lowest BCUT2D eigenvalue weighted by Gasteiger charge is -2.26. The molecule has 0 N–H and O–H groups in total. The van der Waals surface area contributed by atoms with E-state index >= 15 is 0 Å². The van der Waals surface area contributed by atoms with E-state index in [0.29, 0.717) is 0 Å². The van der Waals surface area contributed by atoms with Gasteiger partial charge in [0.1, 0.15) is 0 Å². The molecule has 2 aromatic heterocycles. The van der Waals surface area contributed by atoms with Crippen LogP contribution in [0.3, 0.4) is 0 Å². The van der Waals surface area contributed by atoms with E-state index in [1.165, 1.54) is 62.6 Å². The van der Waals surface area contributed by atoms with Crippen molar-refractivity contribution in [2.24, 2.45) is 0 Å². The maximum atomic E-state index is 2.35. The Kier molecular flexibility index (Phi) is 8.58. The van der Waals surface area contributed by atoms with Crippen LogP contribution in [0.5, 0.6) is 0 Å². The molecular formula is C54H36N2S2. The molecule has 274 valence electrons. The Labute approximate surface area is 345 Å². The lowest BCUT2D eigenvalue weighted by molar-refractivity contribution is 1.29. The minimum absolute atomic E-state index is 1.12. The number of benzene rings is 9. The number of rotatable bonds is 8. The van der Waals surface area contributed by atoms with Crippen LogP contribution in [0.4, 0.5) is 34.1 Å². The van der Waals surface area contributed by atoms with Gasteiger partial charge in [0, 0.05) is 74.5 Å². The van der Waals surface area contributed by atoms with Crippen LogP contribution >= 0.6 is 22.7 Å². The second kappa shape index (κ2) is 14.5. The number of hydrogen-bond donors (Lipinski definition) is 0. The van der Waals surface area contributed by atoms with E-state index in [1.54, 1.807) is 0 Å². The maximum Gasteiger partial charge on any atom is 0.0468 e. The molecule has 0 aliphatic carbocycles. The molecule has 0 unspecified atom stereocenters. The number of hydrogen-bond acceptors (Lipinski definition) is 4. The first-order valence-corrected chi connectivity index (χ1v) is 21.2. The fourth-order valence-electron chi connectivity index (χ4n) is 8.22. The quantitative estimate of drug-likeness (QED) is 0.152. The van der Waals surface area contributed by atoms with Gasteiger partial charge < -0.3 is 9.80 Å². The molecule has 0 radical (unpaired) electrons. The zero-order chi connectivity index (χ0) is 38.4. The van der Waals surface area contributed by atoms with Crippen molar-refractivity contribution in [1.82, 2.24) is 0 Å². The highest BCUT2D eigenvalue weighted by Gasteiger charge is 2.17. The second-order valence-electron chi connectivity index (χ2n) is 14.6. The minimum Gasteiger partial charge on any atom is -0.310 e. The van der Waals surface area contributed by atoms with Gasteiger partial charge in [0.25, 0.3) is 0 Å². The molecule has 0 atom stereocenters. The summed E-state index contributed by atoms with van der Waals surface area (Å²) < 4.78 is 5.25. The molecule has 9 aromatic carbocycles. The van der Waals surface area contributed by atoms with Crippen molar-refractivity contribution in [3.8, 4) is 22.3 Å². The largest absolute Gasteiger partial charge is 0.310 e. The predicted molar refractivity (Wildman–Crippen MR) is 252 cm³/mol. The van der Waals surface area contributed by atoms with Gasteiger partial charge in [-0.2, -0.15) is 0 Å². The summed E-state index contributed by atoms with van der Waals surface area (Å²) in [4.78, 5) is 4.70. The van der Waals surface area contributed by atoms with Crippen LogP contribution in [0, 0.1) is 0 Å². The lowest BCUT2D eigenvalue weighted by atomic mass is 9.99. The van der Waals surface area contributed by atoms with Crippen LogP contribution in [0.25, 0.3) is 62.6 Å². The molecule has 0 spiro atoms. The number of thiophene rings is 2. The molecule has 58 heavy (non-hydrogen) atoms. The Morgan fingerprint density at radius 2 is 0.517 bits per heavy atom. The zero-order valence-corrected chi connectivity index (χ0v) is 33.1. The molecule has 11 aromatic rings. The van der Waals surface area contributed by atoms with Gasteiger partial charge in [-0.15, -0.1) is 22.7 Å². The van der Waals surface area contributed by atoms with E-state index in [1.807, 2.05) is 22.7 Å². The molecule has 0 aliphatic rings. The second-order valence-corrected chi connectivity index (χ2v) is 16.7. The summed E-state index contributed by atoms with van der Waals surface area (Å²) in [6.07, 6.45) is 0. The van der Waals surface area contributed by atoms with Gasteiger partial charge in [-0.25, -0.2) is 0 Å².